The van der Waals surface area contributed by atoms with Gasteiger partial charge in [-0.25, -0.2) is 9.78 Å². The summed E-state index contributed by atoms with van der Waals surface area (Å²) in [4.78, 5) is 28.0. The van der Waals surface area contributed by atoms with Crippen molar-refractivity contribution in [2.75, 3.05) is 5.32 Å². The monoisotopic (exact) mass is 387 g/mol. The van der Waals surface area contributed by atoms with E-state index in [0.717, 1.165) is 12.3 Å². The zero-order chi connectivity index (χ0) is 20.1. The highest BCUT2D eigenvalue weighted by molar-refractivity contribution is 5.98. The van der Waals surface area contributed by atoms with Crippen LogP contribution in [0.2, 0.25) is 0 Å². The molecule has 2 bridgehead atoms. The Kier molecular flexibility index (Phi) is 4.28. The topological polar surface area (TPSA) is 89.5 Å². The van der Waals surface area contributed by atoms with Crippen LogP contribution >= 0.6 is 0 Å². The Morgan fingerprint density at radius 3 is 2.26 bits per heavy atom. The minimum absolute atomic E-state index is 0.133. The first-order chi connectivity index (χ1) is 12.3. The van der Waals surface area contributed by atoms with E-state index in [2.05, 4.69) is 20.4 Å². The number of halogens is 3. The predicted molar refractivity (Wildman–Crippen MR) is 87.9 cm³/mol. The molecule has 2 amide bonds. The lowest BCUT2D eigenvalue weighted by Crippen LogP contribution is -2.77. The Bertz CT molecular complexity index is 736. The zero-order valence-corrected chi connectivity index (χ0v) is 15.1. The van der Waals surface area contributed by atoms with E-state index in [0.29, 0.717) is 19.3 Å². The molecule has 3 aliphatic carbocycles. The highest BCUT2D eigenvalue weighted by Crippen LogP contribution is 2.67. The van der Waals surface area contributed by atoms with E-state index >= 15 is 0 Å². The molecule has 1 aromatic heterocycles. The molecule has 0 unspecified atom stereocenters. The molecular formula is C17H20F3N3O4. The van der Waals surface area contributed by atoms with Gasteiger partial charge in [-0.15, -0.1) is 13.2 Å². The normalized spacial score (nSPS) is 26.3. The second-order valence-corrected chi connectivity index (χ2v) is 8.10. The van der Waals surface area contributed by atoms with Crippen LogP contribution < -0.4 is 15.4 Å². The smallest absolute Gasteiger partial charge is 0.444 e. The number of hydrogen-bond acceptors (Lipinski definition) is 5. The summed E-state index contributed by atoms with van der Waals surface area (Å²) in [6.07, 6.45) is -2.97. The van der Waals surface area contributed by atoms with Crippen LogP contribution in [0.5, 0.6) is 5.75 Å². The summed E-state index contributed by atoms with van der Waals surface area (Å²) in [5.41, 5.74) is -1.61. The summed E-state index contributed by atoms with van der Waals surface area (Å²) in [5, 5.41) is 5.40. The predicted octanol–water partition coefficient (Wildman–Crippen LogP) is 3.37. The standard InChI is InChI=1S/C17H20F3N3O4/c1-14(2,3)27-13(25)23-16-7-15(8-16,9-16)12(24)22-11-5-4-10(6-21-11)26-17(18,19)20/h4-6H,7-9H2,1-3H3,(H,23,25)(H,21,22,24). The molecular weight excluding hydrogens is 367 g/mol. The highest BCUT2D eigenvalue weighted by Gasteiger charge is 2.72. The van der Waals surface area contributed by atoms with Crippen LogP contribution in [0.1, 0.15) is 40.0 Å². The Labute approximate surface area is 153 Å². The molecule has 0 atom stereocenters. The van der Waals surface area contributed by atoms with Crippen molar-refractivity contribution in [1.29, 1.82) is 0 Å². The molecule has 7 nitrogen and oxygen atoms in total. The number of nitrogens with zero attached hydrogens (tertiary/aromatic N) is 1. The van der Waals surface area contributed by atoms with Crippen molar-refractivity contribution in [3.63, 3.8) is 0 Å². The van der Waals surface area contributed by atoms with Crippen molar-refractivity contribution in [2.45, 2.75) is 57.5 Å². The molecule has 2 N–H and O–H groups in total. The largest absolute Gasteiger partial charge is 0.573 e. The number of rotatable bonds is 4. The van der Waals surface area contributed by atoms with Crippen molar-refractivity contribution >= 4 is 17.8 Å². The lowest BCUT2D eigenvalue weighted by molar-refractivity contribution is -0.274. The molecule has 10 heteroatoms. The summed E-state index contributed by atoms with van der Waals surface area (Å²) in [6, 6.07) is 2.31. The van der Waals surface area contributed by atoms with Crippen molar-refractivity contribution in [1.82, 2.24) is 10.3 Å². The van der Waals surface area contributed by atoms with Gasteiger partial charge in [0.2, 0.25) is 5.91 Å². The van der Waals surface area contributed by atoms with E-state index in [4.69, 9.17) is 4.74 Å². The molecule has 0 spiro atoms. The van der Waals surface area contributed by atoms with E-state index in [1.54, 1.807) is 20.8 Å². The first kappa shape index (κ1) is 19.2. The fraction of sp³-hybridized carbons (Fsp3) is 0.588. The Hall–Kier alpha value is -2.52. The first-order valence-electron chi connectivity index (χ1n) is 8.34. The number of carbonyl (C=O) groups is 2. The van der Waals surface area contributed by atoms with E-state index in [9.17, 15) is 22.8 Å². The van der Waals surface area contributed by atoms with Gasteiger partial charge in [0.25, 0.3) is 0 Å². The summed E-state index contributed by atoms with van der Waals surface area (Å²) in [5.74, 6) is -0.604. The molecule has 27 heavy (non-hydrogen) atoms. The quantitative estimate of drug-likeness (QED) is 0.827. The van der Waals surface area contributed by atoms with E-state index < -0.39 is 34.8 Å². The SMILES string of the molecule is CC(C)(C)OC(=O)NC12CC(C(=O)Nc3ccc(OC(F)(F)F)cn3)(C1)C2. The average Bonchev–Trinajstić information content (AvgIpc) is 2.39. The fourth-order valence-corrected chi connectivity index (χ4v) is 3.58. The van der Waals surface area contributed by atoms with E-state index in [1.807, 2.05) is 0 Å². The van der Waals surface area contributed by atoms with Crippen molar-refractivity contribution in [2.24, 2.45) is 5.41 Å². The van der Waals surface area contributed by atoms with Gasteiger partial charge in [-0.05, 0) is 52.2 Å². The molecule has 0 radical (unpaired) electrons. The van der Waals surface area contributed by atoms with Crippen LogP contribution in [-0.2, 0) is 9.53 Å². The molecule has 1 heterocycles. The summed E-state index contributed by atoms with van der Waals surface area (Å²) in [6.45, 7) is 5.30. The highest BCUT2D eigenvalue weighted by atomic mass is 19.4. The number of aromatic nitrogens is 1. The molecule has 3 aliphatic rings. The van der Waals surface area contributed by atoms with Gasteiger partial charge in [0.1, 0.15) is 17.2 Å². The summed E-state index contributed by atoms with van der Waals surface area (Å²) < 4.78 is 45.3. The molecule has 0 aliphatic heterocycles. The van der Waals surface area contributed by atoms with Crippen molar-refractivity contribution in [3.8, 4) is 5.75 Å². The van der Waals surface area contributed by atoms with Crippen LogP contribution in [-0.4, -0.2) is 34.5 Å². The lowest BCUT2D eigenvalue weighted by Gasteiger charge is -2.68. The average molecular weight is 387 g/mol. The number of pyridine rings is 1. The van der Waals surface area contributed by atoms with Crippen LogP contribution in [0.25, 0.3) is 0 Å². The zero-order valence-electron chi connectivity index (χ0n) is 15.1. The molecule has 0 aromatic carbocycles. The maximum atomic E-state index is 12.4. The van der Waals surface area contributed by atoms with Crippen LogP contribution in [0, 0.1) is 5.41 Å². The maximum Gasteiger partial charge on any atom is 0.573 e. The third-order valence-corrected chi connectivity index (χ3v) is 4.49. The van der Waals surface area contributed by atoms with Gasteiger partial charge in [0, 0.05) is 5.54 Å². The number of nitrogens with one attached hydrogen (secondary N) is 2. The molecule has 148 valence electrons. The Morgan fingerprint density at radius 2 is 1.78 bits per heavy atom. The lowest BCUT2D eigenvalue weighted by atomic mass is 9.39. The van der Waals surface area contributed by atoms with Gasteiger partial charge < -0.3 is 20.1 Å². The molecule has 0 saturated heterocycles. The Morgan fingerprint density at radius 1 is 1.15 bits per heavy atom. The van der Waals surface area contributed by atoms with Gasteiger partial charge in [-0.1, -0.05) is 0 Å². The fourth-order valence-electron chi connectivity index (χ4n) is 3.58. The number of ether oxygens (including phenoxy) is 2. The second-order valence-electron chi connectivity index (χ2n) is 8.10. The Balaban J connectivity index is 1.49. The number of amides is 2. The van der Waals surface area contributed by atoms with Crippen LogP contribution in [0.4, 0.5) is 23.8 Å². The molecule has 3 saturated carbocycles. The number of hydrogen-bond donors (Lipinski definition) is 2. The van der Waals surface area contributed by atoms with Gasteiger partial charge >= 0.3 is 12.5 Å². The first-order valence-corrected chi connectivity index (χ1v) is 8.34. The number of carbonyl (C=O) groups excluding carboxylic acids is 2. The van der Waals surface area contributed by atoms with Crippen LogP contribution in [0.3, 0.4) is 0 Å². The maximum absolute atomic E-state index is 12.4. The third kappa shape index (κ3) is 4.25. The number of alkyl carbamates (subject to hydrolysis) is 1. The van der Waals surface area contributed by atoms with Gasteiger partial charge in [0.05, 0.1) is 11.6 Å². The summed E-state index contributed by atoms with van der Waals surface area (Å²) >= 11 is 0. The van der Waals surface area contributed by atoms with Crippen LogP contribution in [0.15, 0.2) is 18.3 Å². The number of anilines is 1. The second kappa shape index (κ2) is 6.00. The molecule has 4 rings (SSSR count). The van der Waals surface area contributed by atoms with Gasteiger partial charge in [-0.3, -0.25) is 4.79 Å². The minimum atomic E-state index is -4.80. The van der Waals surface area contributed by atoms with E-state index in [-0.39, 0.29) is 11.7 Å². The van der Waals surface area contributed by atoms with Crippen molar-refractivity contribution < 1.29 is 32.2 Å². The molecule has 3 fully saturated rings. The van der Waals surface area contributed by atoms with Crippen molar-refractivity contribution in [3.05, 3.63) is 18.3 Å². The van der Waals surface area contributed by atoms with E-state index in [1.165, 1.54) is 6.07 Å². The van der Waals surface area contributed by atoms with Gasteiger partial charge in [0.15, 0.2) is 0 Å². The summed E-state index contributed by atoms with van der Waals surface area (Å²) in [7, 11) is 0. The minimum Gasteiger partial charge on any atom is -0.444 e. The molecule has 1 aromatic rings. The third-order valence-electron chi connectivity index (χ3n) is 4.49. The number of alkyl halides is 3. The van der Waals surface area contributed by atoms with Gasteiger partial charge in [-0.2, -0.15) is 0 Å².